The van der Waals surface area contributed by atoms with E-state index in [-0.39, 0.29) is 35.2 Å². The molecular weight excluding hydrogens is 294 g/mol. The van der Waals surface area contributed by atoms with Gasteiger partial charge < -0.3 is 15.4 Å². The van der Waals surface area contributed by atoms with E-state index in [0.29, 0.717) is 19.3 Å². The molecule has 0 bridgehead atoms. The van der Waals surface area contributed by atoms with Gasteiger partial charge in [-0.3, -0.25) is 9.59 Å². The molecular formula is C17H19N3O3. The van der Waals surface area contributed by atoms with Crippen LogP contribution in [0, 0.1) is 5.92 Å². The van der Waals surface area contributed by atoms with Gasteiger partial charge >= 0.3 is 0 Å². The van der Waals surface area contributed by atoms with Crippen molar-refractivity contribution < 1.29 is 9.90 Å². The van der Waals surface area contributed by atoms with Crippen LogP contribution in [0.4, 0.5) is 0 Å². The largest absolute Gasteiger partial charge is 0.393 e. The number of amides is 1. The number of aromatic amines is 1. The second kappa shape index (κ2) is 6.75. The van der Waals surface area contributed by atoms with Crippen molar-refractivity contribution in [3.8, 4) is 0 Å². The second-order valence-corrected chi connectivity index (χ2v) is 5.95. The highest BCUT2D eigenvalue weighted by molar-refractivity contribution is 5.92. The Balaban J connectivity index is 1.71. The molecule has 1 aliphatic carbocycles. The lowest BCUT2D eigenvalue weighted by atomic mass is 9.75. The number of aliphatic hydroxyl groups is 1. The summed E-state index contributed by atoms with van der Waals surface area (Å²) in [7, 11) is 0. The van der Waals surface area contributed by atoms with Crippen molar-refractivity contribution in [3.05, 3.63) is 64.3 Å². The lowest BCUT2D eigenvalue weighted by Crippen LogP contribution is -2.48. The number of hydrogen-bond acceptors (Lipinski definition) is 4. The van der Waals surface area contributed by atoms with Gasteiger partial charge in [0, 0.05) is 12.2 Å². The Hall–Kier alpha value is -2.47. The third kappa shape index (κ3) is 3.84. The highest BCUT2D eigenvalue weighted by Crippen LogP contribution is 2.31. The van der Waals surface area contributed by atoms with E-state index in [1.54, 1.807) is 0 Å². The lowest BCUT2D eigenvalue weighted by molar-refractivity contribution is 0.0238. The molecule has 3 rings (SSSR count). The normalized spacial score (nSPS) is 21.3. The van der Waals surface area contributed by atoms with E-state index < -0.39 is 0 Å². The first-order valence-corrected chi connectivity index (χ1v) is 7.69. The van der Waals surface area contributed by atoms with Crippen LogP contribution in [0.1, 0.15) is 28.9 Å². The van der Waals surface area contributed by atoms with E-state index >= 15 is 0 Å². The Kier molecular flexibility index (Phi) is 4.52. The molecule has 0 spiro atoms. The van der Waals surface area contributed by atoms with Gasteiger partial charge in [-0.25, -0.2) is 4.98 Å². The monoisotopic (exact) mass is 313 g/mol. The Morgan fingerprint density at radius 1 is 1.35 bits per heavy atom. The van der Waals surface area contributed by atoms with Crippen LogP contribution in [0.15, 0.2) is 47.5 Å². The van der Waals surface area contributed by atoms with Gasteiger partial charge in [-0.1, -0.05) is 30.3 Å². The number of nitrogens with one attached hydrogen (secondary N) is 2. The van der Waals surface area contributed by atoms with Gasteiger partial charge in [0.1, 0.15) is 5.69 Å². The molecule has 1 aromatic heterocycles. The van der Waals surface area contributed by atoms with E-state index in [1.165, 1.54) is 6.20 Å². The fourth-order valence-corrected chi connectivity index (χ4v) is 2.87. The van der Waals surface area contributed by atoms with Crippen molar-refractivity contribution >= 4 is 5.91 Å². The second-order valence-electron chi connectivity index (χ2n) is 5.95. The molecule has 1 heterocycles. The molecule has 1 atom stereocenters. The number of H-pyrrole nitrogens is 1. The maximum Gasteiger partial charge on any atom is 0.271 e. The fraction of sp³-hybridized carbons (Fsp3) is 0.353. The van der Waals surface area contributed by atoms with E-state index in [9.17, 15) is 14.7 Å². The average Bonchev–Trinajstić information content (AvgIpc) is 2.53. The van der Waals surface area contributed by atoms with E-state index in [4.69, 9.17) is 0 Å². The SMILES string of the molecule is O=C(NC(Cc1ccccc1)C1CC(O)C1)c1c[nH]c(=O)cn1. The Labute approximate surface area is 133 Å². The molecule has 1 aromatic carbocycles. The predicted octanol–water partition coefficient (Wildman–Crippen LogP) is 0.882. The standard InChI is InChI=1S/C17H19N3O3/c21-13-7-12(8-13)14(6-11-4-2-1-3-5-11)20-17(23)15-9-19-16(22)10-18-15/h1-5,9-10,12-14,21H,6-8H2,(H,19,22)(H,20,23). The summed E-state index contributed by atoms with van der Waals surface area (Å²) >= 11 is 0. The smallest absolute Gasteiger partial charge is 0.271 e. The van der Waals surface area contributed by atoms with Gasteiger partial charge in [0.15, 0.2) is 0 Å². The van der Waals surface area contributed by atoms with E-state index in [2.05, 4.69) is 15.3 Å². The molecule has 23 heavy (non-hydrogen) atoms. The van der Waals surface area contributed by atoms with Crippen LogP contribution >= 0.6 is 0 Å². The average molecular weight is 313 g/mol. The molecule has 1 aliphatic rings. The maximum atomic E-state index is 12.3. The molecule has 120 valence electrons. The van der Waals surface area contributed by atoms with E-state index in [0.717, 1.165) is 11.8 Å². The number of rotatable bonds is 5. The summed E-state index contributed by atoms with van der Waals surface area (Å²) < 4.78 is 0. The molecule has 1 unspecified atom stereocenters. The van der Waals surface area contributed by atoms with Crippen molar-refractivity contribution in [1.82, 2.24) is 15.3 Å². The summed E-state index contributed by atoms with van der Waals surface area (Å²) in [6.07, 6.45) is 4.21. The minimum Gasteiger partial charge on any atom is -0.393 e. The van der Waals surface area contributed by atoms with Crippen molar-refractivity contribution in [2.45, 2.75) is 31.4 Å². The van der Waals surface area contributed by atoms with Crippen LogP contribution in [0.2, 0.25) is 0 Å². The molecule has 6 heteroatoms. The lowest BCUT2D eigenvalue weighted by Gasteiger charge is -2.38. The first-order chi connectivity index (χ1) is 11.1. The highest BCUT2D eigenvalue weighted by Gasteiger charge is 2.35. The highest BCUT2D eigenvalue weighted by atomic mass is 16.3. The molecule has 0 aliphatic heterocycles. The third-order valence-electron chi connectivity index (χ3n) is 4.24. The number of carbonyl (C=O) groups excluding carboxylic acids is 1. The first kappa shape index (κ1) is 15.4. The molecule has 2 aromatic rings. The topological polar surface area (TPSA) is 95.1 Å². The summed E-state index contributed by atoms with van der Waals surface area (Å²) in [5.41, 5.74) is 0.973. The third-order valence-corrected chi connectivity index (χ3v) is 4.24. The minimum atomic E-state index is -0.343. The van der Waals surface area contributed by atoms with Gasteiger partial charge in [-0.05, 0) is 30.7 Å². The predicted molar refractivity (Wildman–Crippen MR) is 85.0 cm³/mol. The van der Waals surface area contributed by atoms with E-state index in [1.807, 2.05) is 30.3 Å². The quantitative estimate of drug-likeness (QED) is 0.763. The number of hydrogen-bond donors (Lipinski definition) is 3. The van der Waals surface area contributed by atoms with Gasteiger partial charge in [0.25, 0.3) is 11.5 Å². The zero-order valence-electron chi connectivity index (χ0n) is 12.6. The van der Waals surface area contributed by atoms with Crippen LogP contribution in [0.3, 0.4) is 0 Å². The van der Waals surface area contributed by atoms with Crippen LogP contribution in [-0.2, 0) is 6.42 Å². The summed E-state index contributed by atoms with van der Waals surface area (Å²) in [5.74, 6) is -0.0690. The molecule has 1 saturated carbocycles. The van der Waals surface area contributed by atoms with Gasteiger partial charge in [-0.15, -0.1) is 0 Å². The van der Waals surface area contributed by atoms with Crippen molar-refractivity contribution in [2.24, 2.45) is 5.92 Å². The summed E-state index contributed by atoms with van der Waals surface area (Å²) in [4.78, 5) is 29.7. The fourth-order valence-electron chi connectivity index (χ4n) is 2.87. The van der Waals surface area contributed by atoms with Gasteiger partial charge in [0.2, 0.25) is 0 Å². The van der Waals surface area contributed by atoms with Crippen molar-refractivity contribution in [3.63, 3.8) is 0 Å². The molecule has 6 nitrogen and oxygen atoms in total. The van der Waals surface area contributed by atoms with Crippen LogP contribution in [-0.4, -0.2) is 33.1 Å². The van der Waals surface area contributed by atoms with Crippen LogP contribution < -0.4 is 10.9 Å². The summed E-state index contributed by atoms with van der Waals surface area (Å²) in [5, 5.41) is 12.5. The van der Waals surface area contributed by atoms with Crippen molar-refractivity contribution in [2.75, 3.05) is 0 Å². The number of carbonyl (C=O) groups is 1. The Morgan fingerprint density at radius 3 is 2.70 bits per heavy atom. The first-order valence-electron chi connectivity index (χ1n) is 7.69. The Morgan fingerprint density at radius 2 is 2.09 bits per heavy atom. The molecule has 0 radical (unpaired) electrons. The molecule has 3 N–H and O–H groups in total. The number of aromatic nitrogens is 2. The number of aliphatic hydroxyl groups excluding tert-OH is 1. The van der Waals surface area contributed by atoms with Crippen LogP contribution in [0.5, 0.6) is 0 Å². The summed E-state index contributed by atoms with van der Waals surface area (Å²) in [6.45, 7) is 0. The zero-order valence-corrected chi connectivity index (χ0v) is 12.6. The summed E-state index contributed by atoms with van der Waals surface area (Å²) in [6, 6.07) is 9.86. The van der Waals surface area contributed by atoms with Gasteiger partial charge in [-0.2, -0.15) is 0 Å². The van der Waals surface area contributed by atoms with Crippen LogP contribution in [0.25, 0.3) is 0 Å². The maximum absolute atomic E-state index is 12.3. The molecule has 1 amide bonds. The van der Waals surface area contributed by atoms with Crippen molar-refractivity contribution in [1.29, 1.82) is 0 Å². The minimum absolute atomic E-state index is 0.0676. The number of benzene rings is 1. The molecule has 1 fully saturated rings. The van der Waals surface area contributed by atoms with Gasteiger partial charge in [0.05, 0.1) is 12.3 Å². The number of nitrogens with zero attached hydrogens (tertiary/aromatic N) is 1. The molecule has 0 saturated heterocycles. The zero-order chi connectivity index (χ0) is 16.2. The Bertz CT molecular complexity index is 703.